The molecule has 0 saturated heterocycles. The van der Waals surface area contributed by atoms with E-state index >= 15 is 0 Å². The van der Waals surface area contributed by atoms with Crippen molar-refractivity contribution in [2.24, 2.45) is 0 Å². The van der Waals surface area contributed by atoms with Gasteiger partial charge in [-0.05, 0) is 29.8 Å². The molecule has 2 aromatic carbocycles. The topological polar surface area (TPSA) is 38.7 Å². The largest absolute Gasteiger partial charge is 0.497 e. The zero-order chi connectivity index (χ0) is 14.5. The van der Waals surface area contributed by atoms with Crippen molar-refractivity contribution in [1.82, 2.24) is 0 Å². The Morgan fingerprint density at radius 1 is 1.10 bits per heavy atom. The summed E-state index contributed by atoms with van der Waals surface area (Å²) in [4.78, 5) is 0. The van der Waals surface area contributed by atoms with Crippen LogP contribution in [0.1, 0.15) is 17.2 Å². The molecule has 0 saturated carbocycles. The number of benzene rings is 2. The van der Waals surface area contributed by atoms with Gasteiger partial charge in [0.1, 0.15) is 11.5 Å². The van der Waals surface area contributed by atoms with Crippen molar-refractivity contribution in [2.45, 2.75) is 12.5 Å². The van der Waals surface area contributed by atoms with Crippen LogP contribution in [0.5, 0.6) is 11.5 Å². The van der Waals surface area contributed by atoms with E-state index < -0.39 is 6.10 Å². The first-order valence-corrected chi connectivity index (χ1v) is 7.08. The van der Waals surface area contributed by atoms with Crippen LogP contribution < -0.4 is 9.47 Å². The molecule has 0 aliphatic rings. The van der Waals surface area contributed by atoms with Crippen LogP contribution in [0.3, 0.4) is 0 Å². The van der Waals surface area contributed by atoms with Gasteiger partial charge in [0, 0.05) is 16.5 Å². The second kappa shape index (κ2) is 6.77. The van der Waals surface area contributed by atoms with Gasteiger partial charge in [0.15, 0.2) is 0 Å². The molecule has 1 unspecified atom stereocenters. The summed E-state index contributed by atoms with van der Waals surface area (Å²) in [5.74, 6) is 1.36. The predicted molar refractivity (Wildman–Crippen MR) is 82.4 cm³/mol. The summed E-state index contributed by atoms with van der Waals surface area (Å²) in [5.41, 5.74) is 1.77. The highest BCUT2D eigenvalue weighted by Crippen LogP contribution is 2.32. The number of methoxy groups -OCH3 is 2. The Bertz CT molecular complexity index is 584. The Morgan fingerprint density at radius 3 is 2.50 bits per heavy atom. The number of halogens is 1. The van der Waals surface area contributed by atoms with E-state index in [0.29, 0.717) is 17.9 Å². The molecule has 0 fully saturated rings. The highest BCUT2D eigenvalue weighted by molar-refractivity contribution is 9.10. The second-order valence-electron chi connectivity index (χ2n) is 4.42. The molecule has 0 spiro atoms. The molecule has 0 aliphatic carbocycles. The van der Waals surface area contributed by atoms with Crippen LogP contribution in [0, 0.1) is 0 Å². The molecule has 0 radical (unpaired) electrons. The van der Waals surface area contributed by atoms with Gasteiger partial charge in [-0.15, -0.1) is 0 Å². The van der Waals surface area contributed by atoms with Crippen LogP contribution in [-0.4, -0.2) is 19.3 Å². The smallest absolute Gasteiger partial charge is 0.124 e. The minimum Gasteiger partial charge on any atom is -0.497 e. The molecule has 2 rings (SSSR count). The maximum atomic E-state index is 10.5. The molecular formula is C16H17BrO3. The van der Waals surface area contributed by atoms with E-state index in [1.807, 2.05) is 30.3 Å². The molecule has 1 N–H and O–H groups in total. The van der Waals surface area contributed by atoms with Gasteiger partial charge < -0.3 is 14.6 Å². The van der Waals surface area contributed by atoms with E-state index in [2.05, 4.69) is 15.9 Å². The van der Waals surface area contributed by atoms with Crippen LogP contribution in [0.15, 0.2) is 46.9 Å². The lowest BCUT2D eigenvalue weighted by molar-refractivity contribution is 0.173. The highest BCUT2D eigenvalue weighted by atomic mass is 79.9. The Kier molecular flexibility index (Phi) is 5.04. The second-order valence-corrected chi connectivity index (χ2v) is 5.27. The predicted octanol–water partition coefficient (Wildman–Crippen LogP) is 3.74. The van der Waals surface area contributed by atoms with Gasteiger partial charge in [0.25, 0.3) is 0 Å². The van der Waals surface area contributed by atoms with Crippen LogP contribution in [0.2, 0.25) is 0 Å². The van der Waals surface area contributed by atoms with E-state index in [-0.39, 0.29) is 0 Å². The van der Waals surface area contributed by atoms with Gasteiger partial charge in [-0.2, -0.15) is 0 Å². The van der Waals surface area contributed by atoms with Crippen molar-refractivity contribution in [3.63, 3.8) is 0 Å². The monoisotopic (exact) mass is 336 g/mol. The quantitative estimate of drug-likeness (QED) is 0.903. The fraction of sp³-hybridized carbons (Fsp3) is 0.250. The molecule has 0 amide bonds. The van der Waals surface area contributed by atoms with Crippen molar-refractivity contribution in [3.05, 3.63) is 58.1 Å². The van der Waals surface area contributed by atoms with Crippen molar-refractivity contribution < 1.29 is 14.6 Å². The summed E-state index contributed by atoms with van der Waals surface area (Å²) in [6.07, 6.45) is -0.149. The maximum Gasteiger partial charge on any atom is 0.124 e. The molecule has 3 nitrogen and oxygen atoms in total. The molecule has 0 aliphatic heterocycles. The number of hydrogen-bond donors (Lipinski definition) is 1. The minimum absolute atomic E-state index is 0.505. The normalized spacial score (nSPS) is 12.0. The van der Waals surface area contributed by atoms with E-state index in [4.69, 9.17) is 9.47 Å². The lowest BCUT2D eigenvalue weighted by Crippen LogP contribution is -2.05. The summed E-state index contributed by atoms with van der Waals surface area (Å²) >= 11 is 3.49. The average Bonchev–Trinajstić information content (AvgIpc) is 2.48. The molecule has 1 atom stereocenters. The van der Waals surface area contributed by atoms with Crippen molar-refractivity contribution in [1.29, 1.82) is 0 Å². The van der Waals surface area contributed by atoms with Gasteiger partial charge in [0.05, 0.1) is 20.3 Å². The summed E-state index contributed by atoms with van der Waals surface area (Å²) in [7, 11) is 3.20. The summed E-state index contributed by atoms with van der Waals surface area (Å²) in [6, 6.07) is 13.3. The average molecular weight is 337 g/mol. The SMILES string of the molecule is COc1ccc(OC)c(C(O)Cc2ccccc2Br)c1. The molecule has 4 heteroatoms. The zero-order valence-corrected chi connectivity index (χ0v) is 13.1. The first-order valence-electron chi connectivity index (χ1n) is 6.29. The first kappa shape index (κ1) is 14.9. The third-order valence-corrected chi connectivity index (χ3v) is 3.94. The molecule has 0 heterocycles. The van der Waals surface area contributed by atoms with Crippen molar-refractivity contribution >= 4 is 15.9 Å². The van der Waals surface area contributed by atoms with Crippen LogP contribution in [0.4, 0.5) is 0 Å². The third kappa shape index (κ3) is 3.32. The number of aliphatic hydroxyl groups excluding tert-OH is 1. The fourth-order valence-electron chi connectivity index (χ4n) is 2.08. The first-order chi connectivity index (χ1) is 9.65. The van der Waals surface area contributed by atoms with E-state index in [9.17, 15) is 5.11 Å². The number of hydrogen-bond acceptors (Lipinski definition) is 3. The standard InChI is InChI=1S/C16H17BrO3/c1-19-12-7-8-16(20-2)13(10-12)15(18)9-11-5-3-4-6-14(11)17/h3-8,10,15,18H,9H2,1-2H3. The van der Waals surface area contributed by atoms with Gasteiger partial charge >= 0.3 is 0 Å². The lowest BCUT2D eigenvalue weighted by atomic mass is 10.0. The Hall–Kier alpha value is -1.52. The molecule has 2 aromatic rings. The van der Waals surface area contributed by atoms with E-state index in [1.54, 1.807) is 26.4 Å². The maximum absolute atomic E-state index is 10.5. The summed E-state index contributed by atoms with van der Waals surface area (Å²) < 4.78 is 11.5. The zero-order valence-electron chi connectivity index (χ0n) is 11.5. The fourth-order valence-corrected chi connectivity index (χ4v) is 2.53. The Labute approximate surface area is 127 Å². The highest BCUT2D eigenvalue weighted by Gasteiger charge is 2.16. The van der Waals surface area contributed by atoms with Crippen LogP contribution in [-0.2, 0) is 6.42 Å². The Balaban J connectivity index is 2.28. The number of aliphatic hydroxyl groups is 1. The lowest BCUT2D eigenvalue weighted by Gasteiger charge is -2.16. The van der Waals surface area contributed by atoms with Crippen LogP contribution in [0.25, 0.3) is 0 Å². The van der Waals surface area contributed by atoms with Gasteiger partial charge in [-0.25, -0.2) is 0 Å². The van der Waals surface area contributed by atoms with Crippen molar-refractivity contribution in [2.75, 3.05) is 14.2 Å². The molecule has 0 bridgehead atoms. The number of ether oxygens (including phenoxy) is 2. The summed E-state index contributed by atoms with van der Waals surface area (Å²) in [6.45, 7) is 0. The molecule has 106 valence electrons. The molecular weight excluding hydrogens is 320 g/mol. The third-order valence-electron chi connectivity index (χ3n) is 3.17. The van der Waals surface area contributed by atoms with Gasteiger partial charge in [-0.3, -0.25) is 0 Å². The Morgan fingerprint density at radius 2 is 1.85 bits per heavy atom. The van der Waals surface area contributed by atoms with Gasteiger partial charge in [0.2, 0.25) is 0 Å². The molecule has 0 aromatic heterocycles. The minimum atomic E-state index is -0.654. The van der Waals surface area contributed by atoms with E-state index in [0.717, 1.165) is 15.6 Å². The van der Waals surface area contributed by atoms with E-state index in [1.165, 1.54) is 0 Å². The van der Waals surface area contributed by atoms with Crippen molar-refractivity contribution in [3.8, 4) is 11.5 Å². The van der Waals surface area contributed by atoms with Gasteiger partial charge in [-0.1, -0.05) is 34.1 Å². The summed E-state index contributed by atoms with van der Waals surface area (Å²) in [5, 5.41) is 10.5. The van der Waals surface area contributed by atoms with Crippen LogP contribution >= 0.6 is 15.9 Å². The number of rotatable bonds is 5. The molecule has 20 heavy (non-hydrogen) atoms.